The van der Waals surface area contributed by atoms with Gasteiger partial charge in [0, 0.05) is 0 Å². The van der Waals surface area contributed by atoms with Crippen molar-refractivity contribution in [3.8, 4) is 0 Å². The lowest BCUT2D eigenvalue weighted by Gasteiger charge is -2.13. The molecular weight excluding hydrogens is 172 g/mol. The molecule has 3 atom stereocenters. The Balaban J connectivity index is 0.000000251. The van der Waals surface area contributed by atoms with E-state index in [1.807, 2.05) is 12.2 Å². The van der Waals surface area contributed by atoms with Crippen molar-refractivity contribution >= 4 is 12.8 Å². The van der Waals surface area contributed by atoms with Gasteiger partial charge in [-0.05, 0) is 18.4 Å². The van der Waals surface area contributed by atoms with Crippen LogP contribution in [0.3, 0.4) is 0 Å². The summed E-state index contributed by atoms with van der Waals surface area (Å²) in [6.07, 6.45) is 5.84. The number of aldehydes is 1. The van der Waals surface area contributed by atoms with E-state index in [0.717, 1.165) is 12.7 Å². The van der Waals surface area contributed by atoms with Crippen LogP contribution in [-0.4, -0.2) is 29.6 Å². The Kier molecular flexibility index (Phi) is 2.83. The molecule has 2 rings (SSSR count). The van der Waals surface area contributed by atoms with E-state index in [1.54, 1.807) is 0 Å². The Bertz CT molecular complexity index is 236. The highest BCUT2D eigenvalue weighted by atomic mass is 16.5. The molecule has 1 saturated heterocycles. The molecule has 0 aromatic heterocycles. The highest BCUT2D eigenvalue weighted by molar-refractivity contribution is 5.68. The second kappa shape index (κ2) is 3.70. The molecule has 1 N–H and O–H groups in total. The molecule has 2 aliphatic heterocycles. The maximum Gasteiger partial charge on any atom is 0.290 e. The summed E-state index contributed by atoms with van der Waals surface area (Å²) in [4.78, 5) is 18.9. The van der Waals surface area contributed by atoms with Crippen molar-refractivity contribution in [1.82, 2.24) is 0 Å². The fraction of sp³-hybridized carbons (Fsp3) is 0.556. The minimum Gasteiger partial charge on any atom is -0.483 e. The van der Waals surface area contributed by atoms with Gasteiger partial charge in [0.1, 0.15) is 5.60 Å². The van der Waals surface area contributed by atoms with E-state index in [4.69, 9.17) is 14.6 Å². The normalized spacial score (nSPS) is 39.5. The van der Waals surface area contributed by atoms with Gasteiger partial charge in [-0.2, -0.15) is 0 Å². The van der Waals surface area contributed by atoms with Gasteiger partial charge in [0.25, 0.3) is 6.47 Å². The molecule has 4 heteroatoms. The Morgan fingerprint density at radius 3 is 2.46 bits per heavy atom. The smallest absolute Gasteiger partial charge is 0.290 e. The Hall–Kier alpha value is -1.16. The monoisotopic (exact) mass is 184 g/mol. The number of hydrogen-bond acceptors (Lipinski definition) is 3. The van der Waals surface area contributed by atoms with Crippen LogP contribution in [0, 0.1) is 5.92 Å². The minimum absolute atomic E-state index is 0.199. The zero-order valence-corrected chi connectivity index (χ0v) is 7.34. The van der Waals surface area contributed by atoms with Gasteiger partial charge in [-0.3, -0.25) is 9.59 Å². The molecule has 0 radical (unpaired) electrons. The SMILES string of the molecule is CC1CC2(C=O)C=CC1O2.O=CO. The Morgan fingerprint density at radius 1 is 1.62 bits per heavy atom. The molecule has 4 nitrogen and oxygen atoms in total. The number of hydrogen-bond donors (Lipinski definition) is 1. The van der Waals surface area contributed by atoms with E-state index in [9.17, 15) is 4.79 Å². The van der Waals surface area contributed by atoms with E-state index < -0.39 is 5.60 Å². The molecule has 2 bridgehead atoms. The first-order valence-corrected chi connectivity index (χ1v) is 4.09. The van der Waals surface area contributed by atoms with Crippen molar-refractivity contribution in [2.24, 2.45) is 5.92 Å². The van der Waals surface area contributed by atoms with Crippen LogP contribution >= 0.6 is 0 Å². The minimum atomic E-state index is -0.538. The summed E-state index contributed by atoms with van der Waals surface area (Å²) in [5.74, 6) is 0.509. The molecule has 0 aliphatic carbocycles. The van der Waals surface area contributed by atoms with Crippen LogP contribution in [0.25, 0.3) is 0 Å². The summed E-state index contributed by atoms with van der Waals surface area (Å²) in [7, 11) is 0. The molecular formula is C9H12O4. The number of fused-ring (bicyclic) bond motifs is 2. The summed E-state index contributed by atoms with van der Waals surface area (Å²) >= 11 is 0. The van der Waals surface area contributed by atoms with Crippen LogP contribution in [-0.2, 0) is 14.3 Å². The van der Waals surface area contributed by atoms with Gasteiger partial charge in [-0.15, -0.1) is 0 Å². The van der Waals surface area contributed by atoms with Crippen LogP contribution in [0.2, 0.25) is 0 Å². The highest BCUT2D eigenvalue weighted by Crippen LogP contribution is 2.40. The van der Waals surface area contributed by atoms with Crippen molar-refractivity contribution < 1.29 is 19.4 Å². The van der Waals surface area contributed by atoms with E-state index in [-0.39, 0.29) is 12.6 Å². The topological polar surface area (TPSA) is 63.6 Å². The van der Waals surface area contributed by atoms with Crippen molar-refractivity contribution in [3.63, 3.8) is 0 Å². The lowest BCUT2D eigenvalue weighted by atomic mass is 9.89. The van der Waals surface area contributed by atoms with Crippen molar-refractivity contribution in [2.75, 3.05) is 0 Å². The van der Waals surface area contributed by atoms with E-state index in [1.165, 1.54) is 0 Å². The first-order valence-electron chi connectivity index (χ1n) is 4.09. The van der Waals surface area contributed by atoms with Crippen LogP contribution in [0.4, 0.5) is 0 Å². The van der Waals surface area contributed by atoms with Gasteiger partial charge < -0.3 is 9.84 Å². The molecule has 0 aromatic carbocycles. The van der Waals surface area contributed by atoms with Crippen molar-refractivity contribution in [2.45, 2.75) is 25.0 Å². The molecule has 0 saturated carbocycles. The zero-order chi connectivity index (χ0) is 9.90. The van der Waals surface area contributed by atoms with Gasteiger partial charge in [0.15, 0.2) is 6.29 Å². The van der Waals surface area contributed by atoms with Gasteiger partial charge in [-0.1, -0.05) is 13.0 Å². The summed E-state index contributed by atoms with van der Waals surface area (Å²) in [5, 5.41) is 6.89. The predicted octanol–water partition coefficient (Wildman–Crippen LogP) is 0.620. The molecule has 13 heavy (non-hydrogen) atoms. The molecule has 1 fully saturated rings. The van der Waals surface area contributed by atoms with E-state index in [0.29, 0.717) is 5.92 Å². The van der Waals surface area contributed by atoms with E-state index in [2.05, 4.69) is 6.92 Å². The summed E-state index contributed by atoms with van der Waals surface area (Å²) in [6.45, 7) is 1.86. The molecule has 2 aliphatic rings. The third-order valence-corrected chi connectivity index (χ3v) is 2.32. The Morgan fingerprint density at radius 2 is 2.23 bits per heavy atom. The maximum atomic E-state index is 10.6. The molecule has 2 heterocycles. The molecule has 0 spiro atoms. The van der Waals surface area contributed by atoms with Crippen LogP contribution in [0.15, 0.2) is 12.2 Å². The van der Waals surface area contributed by atoms with Crippen LogP contribution in [0.5, 0.6) is 0 Å². The summed E-state index contributed by atoms with van der Waals surface area (Å²) < 4.78 is 5.44. The summed E-state index contributed by atoms with van der Waals surface area (Å²) in [6, 6.07) is 0. The van der Waals surface area contributed by atoms with E-state index >= 15 is 0 Å². The second-order valence-corrected chi connectivity index (χ2v) is 3.30. The maximum absolute atomic E-state index is 10.6. The lowest BCUT2D eigenvalue weighted by molar-refractivity contribution is -0.123. The first kappa shape index (κ1) is 9.92. The summed E-state index contributed by atoms with van der Waals surface area (Å²) in [5.41, 5.74) is -0.538. The van der Waals surface area contributed by atoms with Crippen molar-refractivity contribution in [3.05, 3.63) is 12.2 Å². The van der Waals surface area contributed by atoms with Crippen LogP contribution in [0.1, 0.15) is 13.3 Å². The number of rotatable bonds is 1. The largest absolute Gasteiger partial charge is 0.483 e. The highest BCUT2D eigenvalue weighted by Gasteiger charge is 2.46. The predicted molar refractivity (Wildman–Crippen MR) is 45.3 cm³/mol. The quantitative estimate of drug-likeness (QED) is 0.479. The third-order valence-electron chi connectivity index (χ3n) is 2.32. The third kappa shape index (κ3) is 1.78. The van der Waals surface area contributed by atoms with Gasteiger partial charge in [-0.25, -0.2) is 0 Å². The number of carboxylic acid groups (broad SMARTS) is 1. The number of carbonyl (C=O) groups is 2. The fourth-order valence-electron chi connectivity index (χ4n) is 1.75. The lowest BCUT2D eigenvalue weighted by Crippen LogP contribution is -2.24. The van der Waals surface area contributed by atoms with Crippen LogP contribution < -0.4 is 0 Å². The number of ether oxygens (including phenoxy) is 1. The van der Waals surface area contributed by atoms with Gasteiger partial charge in [0.2, 0.25) is 0 Å². The molecule has 0 amide bonds. The number of carbonyl (C=O) groups excluding carboxylic acids is 1. The first-order chi connectivity index (χ1) is 6.17. The fourth-order valence-corrected chi connectivity index (χ4v) is 1.75. The average molecular weight is 184 g/mol. The Labute approximate surface area is 76.2 Å². The average Bonchev–Trinajstić information content (AvgIpc) is 2.63. The second-order valence-electron chi connectivity index (χ2n) is 3.30. The molecule has 0 aromatic rings. The molecule has 3 unspecified atom stereocenters. The standard InChI is InChI=1S/C8H10O2.CH2O2/c1-6-4-8(5-9)3-2-7(6)10-8;2-1-3/h2-3,5-7H,4H2,1H3;1H,(H,2,3). The molecule has 72 valence electrons. The van der Waals surface area contributed by atoms with Gasteiger partial charge >= 0.3 is 0 Å². The van der Waals surface area contributed by atoms with Crippen molar-refractivity contribution in [1.29, 1.82) is 0 Å². The zero-order valence-electron chi connectivity index (χ0n) is 7.34. The van der Waals surface area contributed by atoms with Gasteiger partial charge in [0.05, 0.1) is 6.10 Å².